The first-order chi connectivity index (χ1) is 11.8. The summed E-state index contributed by atoms with van der Waals surface area (Å²) in [6.45, 7) is 9.99. The van der Waals surface area contributed by atoms with Gasteiger partial charge < -0.3 is 14.6 Å². The number of ketones is 1. The molecule has 0 aromatic heterocycles. The average Bonchev–Trinajstić information content (AvgIpc) is 2.91. The molecule has 7 heteroatoms. The topological polar surface area (TPSA) is 107 Å². The summed E-state index contributed by atoms with van der Waals surface area (Å²) in [5.74, 6) is -2.38. The summed E-state index contributed by atoms with van der Waals surface area (Å²) in [5.41, 5.74) is -3.23. The van der Waals surface area contributed by atoms with Crippen molar-refractivity contribution in [1.82, 2.24) is 0 Å². The van der Waals surface area contributed by atoms with Gasteiger partial charge in [-0.05, 0) is 40.0 Å². The van der Waals surface area contributed by atoms with Gasteiger partial charge in [-0.3, -0.25) is 14.4 Å². The van der Waals surface area contributed by atoms with Gasteiger partial charge in [0.1, 0.15) is 5.78 Å². The van der Waals surface area contributed by atoms with E-state index in [4.69, 9.17) is 9.47 Å². The maximum atomic E-state index is 12.9. The molecule has 148 valence electrons. The molecule has 0 bridgehead atoms. The van der Waals surface area contributed by atoms with Crippen molar-refractivity contribution in [2.45, 2.75) is 73.3 Å². The van der Waals surface area contributed by atoms with Gasteiger partial charge in [-0.15, -0.1) is 0 Å². The molecule has 0 aliphatic carbocycles. The predicted molar refractivity (Wildman–Crippen MR) is 93.3 cm³/mol. The minimum atomic E-state index is -1.23. The van der Waals surface area contributed by atoms with Crippen molar-refractivity contribution in [2.75, 3.05) is 6.61 Å². The molecule has 0 aromatic rings. The van der Waals surface area contributed by atoms with Crippen LogP contribution in [0.1, 0.15) is 67.2 Å². The predicted octanol–water partition coefficient (Wildman–Crippen LogP) is 2.75. The summed E-state index contributed by atoms with van der Waals surface area (Å²) >= 11 is 0. The highest BCUT2D eigenvalue weighted by Gasteiger charge is 2.49. The number of ether oxygens (including phenoxy) is 2. The molecule has 1 aliphatic heterocycles. The Hall–Kier alpha value is -1.92. The molecule has 0 aromatic carbocycles. The third-order valence-electron chi connectivity index (χ3n) is 5.49. The molecule has 7 nitrogen and oxygen atoms in total. The van der Waals surface area contributed by atoms with Crippen molar-refractivity contribution in [3.8, 4) is 0 Å². The number of hydrogen-bond acceptors (Lipinski definition) is 6. The molecule has 1 aliphatic rings. The van der Waals surface area contributed by atoms with E-state index >= 15 is 0 Å². The van der Waals surface area contributed by atoms with Gasteiger partial charge in [-0.1, -0.05) is 20.8 Å². The number of hydrogen-bond donors (Lipinski definition) is 1. The Bertz CT molecular complexity index is 595. The van der Waals surface area contributed by atoms with Gasteiger partial charge in [0.25, 0.3) is 0 Å². The summed E-state index contributed by atoms with van der Waals surface area (Å²) < 4.78 is 10.2. The molecule has 1 heterocycles. The van der Waals surface area contributed by atoms with E-state index in [1.54, 1.807) is 34.6 Å². The van der Waals surface area contributed by atoms with Gasteiger partial charge in [-0.25, -0.2) is 4.79 Å². The normalized spacial score (nSPS) is 22.1. The third kappa shape index (κ3) is 4.83. The van der Waals surface area contributed by atoms with Crippen LogP contribution in [0.15, 0.2) is 0 Å². The van der Waals surface area contributed by atoms with Gasteiger partial charge in [0.2, 0.25) is 6.10 Å². The SMILES string of the molecule is CCC(C)(CC(C)(CC(C)(C)C(C)=O)C(=O)OC1CCOC1=O)C(=O)O. The molecule has 3 atom stereocenters. The zero-order valence-electron chi connectivity index (χ0n) is 16.5. The minimum absolute atomic E-state index is 0.00312. The van der Waals surface area contributed by atoms with E-state index in [-0.39, 0.29) is 31.7 Å². The second-order valence-electron chi connectivity index (χ2n) is 8.42. The highest BCUT2D eigenvalue weighted by Crippen LogP contribution is 2.45. The average molecular weight is 370 g/mol. The molecule has 1 N–H and O–H groups in total. The van der Waals surface area contributed by atoms with E-state index in [2.05, 4.69) is 0 Å². The summed E-state index contributed by atoms with van der Waals surface area (Å²) in [7, 11) is 0. The zero-order chi connectivity index (χ0) is 20.3. The Kier molecular flexibility index (Phi) is 6.60. The van der Waals surface area contributed by atoms with Crippen LogP contribution in [0.5, 0.6) is 0 Å². The van der Waals surface area contributed by atoms with E-state index in [1.165, 1.54) is 6.92 Å². The lowest BCUT2D eigenvalue weighted by molar-refractivity contribution is -0.173. The summed E-state index contributed by atoms with van der Waals surface area (Å²) in [6, 6.07) is 0. The first-order valence-electron chi connectivity index (χ1n) is 8.89. The largest absolute Gasteiger partial charge is 0.481 e. The van der Waals surface area contributed by atoms with Crippen molar-refractivity contribution in [3.05, 3.63) is 0 Å². The summed E-state index contributed by atoms with van der Waals surface area (Å²) in [5, 5.41) is 9.62. The Morgan fingerprint density at radius 2 is 1.73 bits per heavy atom. The van der Waals surface area contributed by atoms with E-state index in [9.17, 15) is 24.3 Å². The highest BCUT2D eigenvalue weighted by atomic mass is 16.6. The lowest BCUT2D eigenvalue weighted by Gasteiger charge is -2.39. The Morgan fingerprint density at radius 1 is 1.15 bits per heavy atom. The molecular weight excluding hydrogens is 340 g/mol. The number of carbonyl (C=O) groups excluding carboxylic acids is 3. The molecule has 26 heavy (non-hydrogen) atoms. The van der Waals surface area contributed by atoms with Crippen LogP contribution in [-0.2, 0) is 28.7 Å². The standard InChI is InChI=1S/C19H30O7/c1-7-18(5,15(22)23)11-19(6,10-17(3,4)12(2)20)16(24)26-13-8-9-25-14(13)21/h13H,7-11H2,1-6H3,(H,22,23). The fourth-order valence-electron chi connectivity index (χ4n) is 3.38. The molecule has 0 amide bonds. The second-order valence-corrected chi connectivity index (χ2v) is 8.42. The molecule has 0 spiro atoms. The molecule has 1 rings (SSSR count). The van der Waals surface area contributed by atoms with Gasteiger partial charge in [-0.2, -0.15) is 0 Å². The second kappa shape index (κ2) is 7.76. The lowest BCUT2D eigenvalue weighted by Crippen LogP contribution is -2.44. The zero-order valence-corrected chi connectivity index (χ0v) is 16.5. The number of carbonyl (C=O) groups is 4. The quantitative estimate of drug-likeness (QED) is 0.622. The molecular formula is C19H30O7. The van der Waals surface area contributed by atoms with Crippen molar-refractivity contribution < 1.29 is 33.8 Å². The number of carboxylic acids is 1. The van der Waals surface area contributed by atoms with E-state index in [0.29, 0.717) is 6.42 Å². The van der Waals surface area contributed by atoms with Gasteiger partial charge in [0, 0.05) is 11.8 Å². The van der Waals surface area contributed by atoms with E-state index < -0.39 is 40.3 Å². The Morgan fingerprint density at radius 3 is 2.12 bits per heavy atom. The van der Waals surface area contributed by atoms with Crippen molar-refractivity contribution in [1.29, 1.82) is 0 Å². The first kappa shape index (κ1) is 22.1. The van der Waals surface area contributed by atoms with E-state index in [0.717, 1.165) is 0 Å². The van der Waals surface area contributed by atoms with Crippen LogP contribution in [0.25, 0.3) is 0 Å². The van der Waals surface area contributed by atoms with E-state index in [1.807, 2.05) is 0 Å². The molecule has 0 saturated carbocycles. The number of aliphatic carboxylic acids is 1. The number of esters is 2. The molecule has 1 fully saturated rings. The fraction of sp³-hybridized carbons (Fsp3) is 0.789. The molecule has 3 unspecified atom stereocenters. The van der Waals surface area contributed by atoms with Crippen LogP contribution in [0, 0.1) is 16.2 Å². The number of Topliss-reactive ketones (excluding diaryl/α,β-unsaturated/α-hetero) is 1. The van der Waals surface area contributed by atoms with Gasteiger partial charge in [0.15, 0.2) is 0 Å². The van der Waals surface area contributed by atoms with Crippen LogP contribution in [0.2, 0.25) is 0 Å². The molecule has 0 radical (unpaired) electrons. The third-order valence-corrected chi connectivity index (χ3v) is 5.49. The first-order valence-corrected chi connectivity index (χ1v) is 8.89. The number of carboxylic acid groups (broad SMARTS) is 1. The van der Waals surface area contributed by atoms with Crippen LogP contribution in [-0.4, -0.2) is 41.5 Å². The highest BCUT2D eigenvalue weighted by molar-refractivity contribution is 5.86. The van der Waals surface area contributed by atoms with Crippen molar-refractivity contribution in [3.63, 3.8) is 0 Å². The monoisotopic (exact) mass is 370 g/mol. The number of cyclic esters (lactones) is 1. The summed E-state index contributed by atoms with van der Waals surface area (Å²) in [6.07, 6.45) is -0.250. The maximum Gasteiger partial charge on any atom is 0.347 e. The van der Waals surface area contributed by atoms with Crippen molar-refractivity contribution >= 4 is 23.7 Å². The fourth-order valence-corrected chi connectivity index (χ4v) is 3.38. The summed E-state index contributed by atoms with van der Waals surface area (Å²) in [4.78, 5) is 48.3. The van der Waals surface area contributed by atoms with Crippen LogP contribution >= 0.6 is 0 Å². The number of rotatable bonds is 9. The van der Waals surface area contributed by atoms with Gasteiger partial charge >= 0.3 is 17.9 Å². The lowest BCUT2D eigenvalue weighted by atomic mass is 9.64. The van der Waals surface area contributed by atoms with Crippen LogP contribution in [0.4, 0.5) is 0 Å². The van der Waals surface area contributed by atoms with Crippen LogP contribution in [0.3, 0.4) is 0 Å². The van der Waals surface area contributed by atoms with Crippen LogP contribution < -0.4 is 0 Å². The molecule has 1 saturated heterocycles. The Balaban J connectivity index is 3.18. The van der Waals surface area contributed by atoms with Crippen molar-refractivity contribution in [2.24, 2.45) is 16.2 Å². The maximum absolute atomic E-state index is 12.9. The smallest absolute Gasteiger partial charge is 0.347 e. The minimum Gasteiger partial charge on any atom is -0.481 e. The Labute approximate surface area is 154 Å². The van der Waals surface area contributed by atoms with Gasteiger partial charge in [0.05, 0.1) is 17.4 Å².